The predicted molar refractivity (Wildman–Crippen MR) is 142 cm³/mol. The van der Waals surface area contributed by atoms with Gasteiger partial charge in [0.2, 0.25) is 5.91 Å². The molecule has 1 aliphatic heterocycles. The maximum Gasteiger partial charge on any atom is 0.257 e. The van der Waals surface area contributed by atoms with Crippen molar-refractivity contribution >= 4 is 11.8 Å². The normalized spacial score (nSPS) is 17.2. The highest BCUT2D eigenvalue weighted by Gasteiger charge is 2.29. The van der Waals surface area contributed by atoms with E-state index in [0.717, 1.165) is 42.5 Å². The summed E-state index contributed by atoms with van der Waals surface area (Å²) in [5.41, 5.74) is 4.34. The zero-order valence-corrected chi connectivity index (χ0v) is 21.2. The van der Waals surface area contributed by atoms with Gasteiger partial charge in [0.05, 0.1) is 11.3 Å². The minimum atomic E-state index is 0.0128. The number of nitrogens with zero attached hydrogens (tertiary/aromatic N) is 3. The SMILES string of the molecule is Cc1cccc(-c2nn(-c3ccccc3)cc2C(=O)N2CCC(CC(=O)NC3CCCCC3)CC2)c1. The van der Waals surface area contributed by atoms with Crippen LogP contribution >= 0.6 is 0 Å². The van der Waals surface area contributed by atoms with Crippen molar-refractivity contribution in [3.63, 3.8) is 0 Å². The Balaban J connectivity index is 1.27. The van der Waals surface area contributed by atoms with Gasteiger partial charge in [-0.3, -0.25) is 9.59 Å². The largest absolute Gasteiger partial charge is 0.353 e. The number of para-hydroxylation sites is 1. The summed E-state index contributed by atoms with van der Waals surface area (Å²) in [5.74, 6) is 0.525. The molecule has 6 heteroatoms. The van der Waals surface area contributed by atoms with Gasteiger partial charge in [0, 0.05) is 37.3 Å². The molecule has 36 heavy (non-hydrogen) atoms. The van der Waals surface area contributed by atoms with Crippen molar-refractivity contribution in [2.75, 3.05) is 13.1 Å². The fourth-order valence-electron chi connectivity index (χ4n) is 5.56. The highest BCUT2D eigenvalue weighted by atomic mass is 16.2. The molecule has 1 aromatic heterocycles. The first-order valence-corrected chi connectivity index (χ1v) is 13.4. The first kappa shape index (κ1) is 24.3. The lowest BCUT2D eigenvalue weighted by molar-refractivity contribution is -0.123. The Bertz CT molecular complexity index is 1190. The molecule has 0 radical (unpaired) electrons. The lowest BCUT2D eigenvalue weighted by atomic mass is 9.91. The highest BCUT2D eigenvalue weighted by molar-refractivity contribution is 6.00. The Morgan fingerprint density at radius 3 is 2.42 bits per heavy atom. The van der Waals surface area contributed by atoms with E-state index >= 15 is 0 Å². The molecule has 0 unspecified atom stereocenters. The van der Waals surface area contributed by atoms with E-state index in [-0.39, 0.29) is 11.8 Å². The number of carbonyl (C=O) groups excluding carboxylic acids is 2. The van der Waals surface area contributed by atoms with Gasteiger partial charge >= 0.3 is 0 Å². The average Bonchev–Trinajstić information content (AvgIpc) is 3.35. The van der Waals surface area contributed by atoms with E-state index in [1.165, 1.54) is 19.3 Å². The Morgan fingerprint density at radius 2 is 1.69 bits per heavy atom. The van der Waals surface area contributed by atoms with Gasteiger partial charge in [-0.05, 0) is 56.7 Å². The maximum atomic E-state index is 13.7. The van der Waals surface area contributed by atoms with Crippen LogP contribution in [0.4, 0.5) is 0 Å². The van der Waals surface area contributed by atoms with Gasteiger partial charge in [0.25, 0.3) is 5.91 Å². The number of piperidine rings is 1. The van der Waals surface area contributed by atoms with E-state index in [4.69, 9.17) is 5.10 Å². The first-order chi connectivity index (χ1) is 17.6. The molecule has 1 saturated carbocycles. The number of benzene rings is 2. The molecule has 2 aromatic carbocycles. The van der Waals surface area contributed by atoms with E-state index in [2.05, 4.69) is 11.4 Å². The van der Waals surface area contributed by atoms with Crippen LogP contribution < -0.4 is 5.32 Å². The third-order valence-corrected chi connectivity index (χ3v) is 7.60. The number of likely N-dealkylation sites (tertiary alicyclic amines) is 1. The molecule has 1 aliphatic carbocycles. The fraction of sp³-hybridized carbons (Fsp3) is 0.433. The number of aromatic nitrogens is 2. The second-order valence-corrected chi connectivity index (χ2v) is 10.4. The van der Waals surface area contributed by atoms with Crippen molar-refractivity contribution in [1.29, 1.82) is 0 Å². The highest BCUT2D eigenvalue weighted by Crippen LogP contribution is 2.28. The topological polar surface area (TPSA) is 67.2 Å². The van der Waals surface area contributed by atoms with Crippen LogP contribution in [0.5, 0.6) is 0 Å². The number of hydrogen-bond donors (Lipinski definition) is 1. The molecule has 2 amide bonds. The lowest BCUT2D eigenvalue weighted by Crippen LogP contribution is -2.41. The van der Waals surface area contributed by atoms with Crippen LogP contribution in [0.15, 0.2) is 60.8 Å². The van der Waals surface area contributed by atoms with Crippen LogP contribution in [0.3, 0.4) is 0 Å². The molecular weight excluding hydrogens is 448 g/mol. The molecule has 0 spiro atoms. The molecule has 3 aromatic rings. The molecule has 5 rings (SSSR count). The summed E-state index contributed by atoms with van der Waals surface area (Å²) in [6, 6.07) is 18.4. The number of amides is 2. The zero-order chi connectivity index (χ0) is 24.9. The van der Waals surface area contributed by atoms with Crippen molar-refractivity contribution in [3.05, 3.63) is 71.9 Å². The van der Waals surface area contributed by atoms with Crippen LogP contribution in [0.25, 0.3) is 16.9 Å². The number of rotatable bonds is 6. The van der Waals surface area contributed by atoms with Crippen molar-refractivity contribution in [3.8, 4) is 16.9 Å². The number of aryl methyl sites for hydroxylation is 1. The van der Waals surface area contributed by atoms with Crippen LogP contribution in [0, 0.1) is 12.8 Å². The Hall–Kier alpha value is -3.41. The molecular formula is C30H36N4O2. The van der Waals surface area contributed by atoms with Gasteiger partial charge in [0.1, 0.15) is 5.69 Å². The maximum absolute atomic E-state index is 13.7. The summed E-state index contributed by atoms with van der Waals surface area (Å²) in [6.45, 7) is 3.39. The first-order valence-electron chi connectivity index (χ1n) is 13.4. The van der Waals surface area contributed by atoms with Gasteiger partial charge in [-0.25, -0.2) is 4.68 Å². The third-order valence-electron chi connectivity index (χ3n) is 7.60. The lowest BCUT2D eigenvalue weighted by Gasteiger charge is -2.32. The minimum Gasteiger partial charge on any atom is -0.353 e. The van der Waals surface area contributed by atoms with Crippen LogP contribution in [-0.4, -0.2) is 45.6 Å². The number of hydrogen-bond acceptors (Lipinski definition) is 3. The summed E-state index contributed by atoms with van der Waals surface area (Å²) >= 11 is 0. The molecule has 2 fully saturated rings. The van der Waals surface area contributed by atoms with Gasteiger partial charge in [-0.2, -0.15) is 5.10 Å². The summed E-state index contributed by atoms with van der Waals surface area (Å²) in [7, 11) is 0. The molecule has 2 aliphatic rings. The van der Waals surface area contributed by atoms with Crippen LogP contribution in [0.1, 0.15) is 67.3 Å². The van der Waals surface area contributed by atoms with Crippen molar-refractivity contribution < 1.29 is 9.59 Å². The summed E-state index contributed by atoms with van der Waals surface area (Å²) in [5, 5.41) is 8.08. The van der Waals surface area contributed by atoms with Gasteiger partial charge in [-0.15, -0.1) is 0 Å². The van der Waals surface area contributed by atoms with Crippen molar-refractivity contribution in [1.82, 2.24) is 20.0 Å². The smallest absolute Gasteiger partial charge is 0.257 e. The molecule has 0 bridgehead atoms. The van der Waals surface area contributed by atoms with E-state index in [1.807, 2.05) is 66.6 Å². The molecule has 6 nitrogen and oxygen atoms in total. The molecule has 0 atom stereocenters. The summed E-state index contributed by atoms with van der Waals surface area (Å²) in [4.78, 5) is 28.2. The average molecular weight is 485 g/mol. The van der Waals surface area contributed by atoms with Gasteiger partial charge in [-0.1, -0.05) is 61.2 Å². The standard InChI is InChI=1S/C30H36N4O2/c1-22-9-8-10-24(19-22)29-27(21-34(32-29)26-13-6-3-7-14-26)30(36)33-17-15-23(16-18-33)20-28(35)31-25-11-4-2-5-12-25/h3,6-10,13-14,19,21,23,25H,2,4-5,11-12,15-18,20H2,1H3,(H,31,35). The van der Waals surface area contributed by atoms with Gasteiger partial charge < -0.3 is 10.2 Å². The van der Waals surface area contributed by atoms with Crippen molar-refractivity contribution in [2.45, 2.75) is 64.3 Å². The van der Waals surface area contributed by atoms with E-state index in [9.17, 15) is 9.59 Å². The molecule has 1 N–H and O–H groups in total. The fourth-order valence-corrected chi connectivity index (χ4v) is 5.56. The molecule has 188 valence electrons. The second-order valence-electron chi connectivity index (χ2n) is 10.4. The van der Waals surface area contributed by atoms with E-state index in [1.54, 1.807) is 4.68 Å². The van der Waals surface area contributed by atoms with Gasteiger partial charge in [0.15, 0.2) is 0 Å². The van der Waals surface area contributed by atoms with E-state index in [0.29, 0.717) is 42.7 Å². The summed E-state index contributed by atoms with van der Waals surface area (Å²) < 4.78 is 1.80. The number of nitrogens with one attached hydrogen (secondary N) is 1. The predicted octanol–water partition coefficient (Wildman–Crippen LogP) is 5.54. The quantitative estimate of drug-likeness (QED) is 0.500. The summed E-state index contributed by atoms with van der Waals surface area (Å²) in [6.07, 6.45) is 10.1. The molecule has 1 saturated heterocycles. The minimum absolute atomic E-state index is 0.0128. The van der Waals surface area contributed by atoms with Crippen LogP contribution in [0.2, 0.25) is 0 Å². The molecule has 2 heterocycles. The monoisotopic (exact) mass is 484 g/mol. The zero-order valence-electron chi connectivity index (χ0n) is 21.2. The Morgan fingerprint density at radius 1 is 0.944 bits per heavy atom. The van der Waals surface area contributed by atoms with Crippen molar-refractivity contribution in [2.24, 2.45) is 5.92 Å². The van der Waals surface area contributed by atoms with Crippen LogP contribution in [-0.2, 0) is 4.79 Å². The number of carbonyl (C=O) groups is 2. The third kappa shape index (κ3) is 5.69. The Kier molecular flexibility index (Phi) is 7.49. The van der Waals surface area contributed by atoms with E-state index < -0.39 is 0 Å². The Labute approximate surface area is 213 Å². The second kappa shape index (κ2) is 11.1.